The third-order valence-electron chi connectivity index (χ3n) is 1.83. The number of amides is 1. The van der Waals surface area contributed by atoms with Gasteiger partial charge >= 0.3 is 5.97 Å². The molecular weight excluding hydrogens is 204 g/mol. The second kappa shape index (κ2) is 3.38. The van der Waals surface area contributed by atoms with Gasteiger partial charge < -0.3 is 10.4 Å². The lowest BCUT2D eigenvalue weighted by Gasteiger charge is -1.97. The minimum absolute atomic E-state index is 0.0500. The van der Waals surface area contributed by atoms with Crippen molar-refractivity contribution in [2.24, 2.45) is 0 Å². The van der Waals surface area contributed by atoms with Crippen LogP contribution in [-0.2, 0) is 0 Å². The summed E-state index contributed by atoms with van der Waals surface area (Å²) in [5.41, 5.74) is 0. The number of rotatable bonds is 3. The first-order valence-corrected chi connectivity index (χ1v) is 4.98. The maximum absolute atomic E-state index is 11.4. The summed E-state index contributed by atoms with van der Waals surface area (Å²) < 4.78 is 0. The summed E-state index contributed by atoms with van der Waals surface area (Å²) in [4.78, 5) is 25.9. The van der Waals surface area contributed by atoms with E-state index in [9.17, 15) is 9.59 Å². The fourth-order valence-electron chi connectivity index (χ4n) is 0.962. The van der Waals surface area contributed by atoms with Crippen molar-refractivity contribution in [3.8, 4) is 0 Å². The first-order chi connectivity index (χ1) is 6.66. The van der Waals surface area contributed by atoms with Crippen LogP contribution < -0.4 is 5.32 Å². The Kier molecular flexibility index (Phi) is 2.20. The maximum atomic E-state index is 11.4. The molecule has 5 nitrogen and oxygen atoms in total. The molecule has 0 aliphatic heterocycles. The molecule has 1 fully saturated rings. The minimum Gasteiger partial charge on any atom is -0.476 e. The van der Waals surface area contributed by atoms with E-state index in [1.165, 1.54) is 6.20 Å². The predicted molar refractivity (Wildman–Crippen MR) is 49.6 cm³/mol. The highest BCUT2D eigenvalue weighted by Gasteiger charge is 2.25. The normalized spacial score (nSPS) is 15.1. The van der Waals surface area contributed by atoms with E-state index < -0.39 is 5.97 Å². The highest BCUT2D eigenvalue weighted by molar-refractivity contribution is 7.15. The first kappa shape index (κ1) is 9.14. The van der Waals surface area contributed by atoms with Gasteiger partial charge in [0.2, 0.25) is 5.01 Å². The van der Waals surface area contributed by atoms with Gasteiger partial charge in [-0.25, -0.2) is 9.78 Å². The molecule has 0 spiro atoms. The van der Waals surface area contributed by atoms with E-state index in [4.69, 9.17) is 5.11 Å². The molecule has 2 rings (SSSR count). The van der Waals surface area contributed by atoms with Crippen LogP contribution in [0, 0.1) is 0 Å². The Hall–Kier alpha value is -1.43. The Labute approximate surface area is 83.8 Å². The smallest absolute Gasteiger partial charge is 0.365 e. The van der Waals surface area contributed by atoms with Crippen LogP contribution in [0.4, 0.5) is 0 Å². The Bertz CT molecular complexity index is 384. The Morgan fingerprint density at radius 3 is 2.79 bits per heavy atom. The van der Waals surface area contributed by atoms with Gasteiger partial charge in [-0.2, -0.15) is 0 Å². The maximum Gasteiger partial charge on any atom is 0.365 e. The molecule has 1 aromatic heterocycles. The zero-order valence-corrected chi connectivity index (χ0v) is 8.00. The number of carboxylic acids is 1. The van der Waals surface area contributed by atoms with E-state index in [1.807, 2.05) is 0 Å². The van der Waals surface area contributed by atoms with Gasteiger partial charge in [-0.05, 0) is 12.8 Å². The van der Waals surface area contributed by atoms with Gasteiger partial charge in [-0.1, -0.05) is 0 Å². The average Bonchev–Trinajstić information content (AvgIpc) is 2.81. The number of hydrogen-bond donors (Lipinski definition) is 2. The van der Waals surface area contributed by atoms with Crippen molar-refractivity contribution < 1.29 is 14.7 Å². The fourth-order valence-corrected chi connectivity index (χ4v) is 1.62. The zero-order chi connectivity index (χ0) is 10.1. The van der Waals surface area contributed by atoms with Gasteiger partial charge in [-0.3, -0.25) is 4.79 Å². The molecule has 1 aromatic rings. The fraction of sp³-hybridized carbons (Fsp3) is 0.375. The molecule has 0 aromatic carbocycles. The third-order valence-corrected chi connectivity index (χ3v) is 2.81. The summed E-state index contributed by atoms with van der Waals surface area (Å²) in [6, 6.07) is 0.276. The molecule has 74 valence electrons. The number of aromatic carboxylic acids is 1. The van der Waals surface area contributed by atoms with E-state index in [2.05, 4.69) is 10.3 Å². The molecule has 0 unspecified atom stereocenters. The van der Waals surface area contributed by atoms with Crippen LogP contribution >= 0.6 is 11.3 Å². The van der Waals surface area contributed by atoms with Crippen LogP contribution in [0.5, 0.6) is 0 Å². The quantitative estimate of drug-likeness (QED) is 0.774. The van der Waals surface area contributed by atoms with Gasteiger partial charge in [0, 0.05) is 6.04 Å². The van der Waals surface area contributed by atoms with Crippen molar-refractivity contribution in [1.82, 2.24) is 10.3 Å². The molecule has 0 radical (unpaired) electrons. The predicted octanol–water partition coefficient (Wildman–Crippen LogP) is 0.733. The number of carbonyl (C=O) groups excluding carboxylic acids is 1. The highest BCUT2D eigenvalue weighted by Crippen LogP contribution is 2.20. The second-order valence-corrected chi connectivity index (χ2v) is 4.11. The molecule has 14 heavy (non-hydrogen) atoms. The van der Waals surface area contributed by atoms with Crippen molar-refractivity contribution in [1.29, 1.82) is 0 Å². The molecule has 1 saturated carbocycles. The van der Waals surface area contributed by atoms with Gasteiger partial charge in [-0.15, -0.1) is 11.3 Å². The van der Waals surface area contributed by atoms with Crippen LogP contribution in [0.25, 0.3) is 0 Å². The molecule has 0 atom stereocenters. The van der Waals surface area contributed by atoms with E-state index in [0.717, 1.165) is 24.2 Å². The largest absolute Gasteiger partial charge is 0.476 e. The SMILES string of the molecule is O=C(NC1CC1)c1cnc(C(=O)O)s1. The highest BCUT2D eigenvalue weighted by atomic mass is 32.1. The molecule has 0 saturated heterocycles. The number of aromatic nitrogens is 1. The summed E-state index contributed by atoms with van der Waals surface area (Å²) in [6.45, 7) is 0. The molecular formula is C8H8N2O3S. The number of carbonyl (C=O) groups is 2. The average molecular weight is 212 g/mol. The Morgan fingerprint density at radius 1 is 1.57 bits per heavy atom. The van der Waals surface area contributed by atoms with Crippen molar-refractivity contribution in [3.05, 3.63) is 16.1 Å². The van der Waals surface area contributed by atoms with E-state index in [1.54, 1.807) is 0 Å². The molecule has 0 bridgehead atoms. The van der Waals surface area contributed by atoms with Crippen molar-refractivity contribution in [2.75, 3.05) is 0 Å². The summed E-state index contributed by atoms with van der Waals surface area (Å²) in [5.74, 6) is -1.32. The lowest BCUT2D eigenvalue weighted by molar-refractivity contribution is 0.0696. The molecule has 6 heteroatoms. The summed E-state index contributed by atoms with van der Waals surface area (Å²) >= 11 is 0.896. The van der Waals surface area contributed by atoms with Gasteiger partial charge in [0.05, 0.1) is 6.20 Å². The minimum atomic E-state index is -1.10. The topological polar surface area (TPSA) is 79.3 Å². The molecule has 1 heterocycles. The number of nitrogens with zero attached hydrogens (tertiary/aromatic N) is 1. The number of carboxylic acid groups (broad SMARTS) is 1. The van der Waals surface area contributed by atoms with Crippen LogP contribution in [0.1, 0.15) is 32.3 Å². The zero-order valence-electron chi connectivity index (χ0n) is 7.19. The summed E-state index contributed by atoms with van der Waals surface area (Å²) in [5, 5.41) is 11.3. The van der Waals surface area contributed by atoms with E-state index in [0.29, 0.717) is 4.88 Å². The second-order valence-electron chi connectivity index (χ2n) is 3.08. The Balaban J connectivity index is 2.07. The standard InChI is InChI=1S/C8H8N2O3S/c11-6(10-4-1-2-4)5-3-9-7(14-5)8(12)13/h3-4H,1-2H2,(H,10,11)(H,12,13). The molecule has 1 aliphatic rings. The van der Waals surface area contributed by atoms with E-state index in [-0.39, 0.29) is 17.0 Å². The van der Waals surface area contributed by atoms with Gasteiger partial charge in [0.25, 0.3) is 5.91 Å². The molecule has 1 amide bonds. The monoisotopic (exact) mass is 212 g/mol. The lowest BCUT2D eigenvalue weighted by Crippen LogP contribution is -2.24. The van der Waals surface area contributed by atoms with Crippen molar-refractivity contribution in [2.45, 2.75) is 18.9 Å². The van der Waals surface area contributed by atoms with Gasteiger partial charge in [0.1, 0.15) is 4.88 Å². The van der Waals surface area contributed by atoms with Crippen LogP contribution in [0.2, 0.25) is 0 Å². The number of nitrogens with one attached hydrogen (secondary N) is 1. The third kappa shape index (κ3) is 1.90. The van der Waals surface area contributed by atoms with Gasteiger partial charge in [0.15, 0.2) is 0 Å². The van der Waals surface area contributed by atoms with Crippen molar-refractivity contribution >= 4 is 23.2 Å². The first-order valence-electron chi connectivity index (χ1n) is 4.17. The van der Waals surface area contributed by atoms with Crippen molar-refractivity contribution in [3.63, 3.8) is 0 Å². The van der Waals surface area contributed by atoms with Crippen LogP contribution in [0.3, 0.4) is 0 Å². The lowest BCUT2D eigenvalue weighted by atomic mass is 10.5. The molecule has 2 N–H and O–H groups in total. The van der Waals surface area contributed by atoms with Crippen LogP contribution in [-0.4, -0.2) is 28.0 Å². The number of hydrogen-bond acceptors (Lipinski definition) is 4. The summed E-state index contributed by atoms with van der Waals surface area (Å²) in [6.07, 6.45) is 3.32. The molecule has 1 aliphatic carbocycles. The number of thiazole rings is 1. The Morgan fingerprint density at radius 2 is 2.29 bits per heavy atom. The summed E-state index contributed by atoms with van der Waals surface area (Å²) in [7, 11) is 0. The van der Waals surface area contributed by atoms with Crippen LogP contribution in [0.15, 0.2) is 6.20 Å². The van der Waals surface area contributed by atoms with E-state index >= 15 is 0 Å².